The van der Waals surface area contributed by atoms with E-state index in [2.05, 4.69) is 34.1 Å². The zero-order valence-electron chi connectivity index (χ0n) is 17.3. The monoisotopic (exact) mass is 400 g/mol. The zero-order chi connectivity index (χ0) is 20.8. The Morgan fingerprint density at radius 3 is 2.72 bits per heavy atom. The third-order valence-corrected chi connectivity index (χ3v) is 5.37. The molecule has 0 atom stereocenters. The van der Waals surface area contributed by atoms with E-state index in [1.165, 1.54) is 0 Å². The summed E-state index contributed by atoms with van der Waals surface area (Å²) in [6.07, 6.45) is 4.29. The van der Waals surface area contributed by atoms with Crippen molar-refractivity contribution >= 4 is 11.9 Å². The first kappa shape index (κ1) is 21.0. The Morgan fingerprint density at radius 1 is 1.34 bits per heavy atom. The van der Waals surface area contributed by atoms with Gasteiger partial charge in [0.2, 0.25) is 0 Å². The Bertz CT molecular complexity index is 841. The molecule has 0 saturated carbocycles. The Hall–Kier alpha value is -2.77. The number of anilines is 1. The first-order valence-electron chi connectivity index (χ1n) is 10.2. The van der Waals surface area contributed by atoms with Crippen molar-refractivity contribution in [2.24, 2.45) is 11.1 Å². The molecule has 0 radical (unpaired) electrons. The van der Waals surface area contributed by atoms with Crippen LogP contribution in [-0.2, 0) is 0 Å². The van der Waals surface area contributed by atoms with Crippen LogP contribution in [0.25, 0.3) is 0 Å². The molecule has 1 amide bonds. The first-order chi connectivity index (χ1) is 14.0. The highest BCUT2D eigenvalue weighted by Crippen LogP contribution is 2.26. The van der Waals surface area contributed by atoms with Gasteiger partial charge in [-0.2, -0.15) is 4.98 Å². The molecule has 0 spiro atoms. The second-order valence-corrected chi connectivity index (χ2v) is 7.88. The number of aromatic nitrogens is 2. The second kappa shape index (κ2) is 9.62. The van der Waals surface area contributed by atoms with Gasteiger partial charge in [-0.25, -0.2) is 0 Å². The minimum atomic E-state index is -0.749. The SMILES string of the molecule is Cc1cc(OCCCC2CCN(c3nc(C(C)C)no3)CC2)ccc1C(=O)N=O. The average molecular weight is 400 g/mol. The number of amides is 1. The highest BCUT2D eigenvalue weighted by Gasteiger charge is 2.23. The molecule has 1 aliphatic rings. The number of carbonyl (C=O) groups excluding carboxylic acids is 1. The highest BCUT2D eigenvalue weighted by atomic mass is 16.5. The number of rotatable bonds is 8. The van der Waals surface area contributed by atoms with Gasteiger partial charge in [-0.15, -0.1) is 4.91 Å². The lowest BCUT2D eigenvalue weighted by atomic mass is 9.92. The van der Waals surface area contributed by atoms with Crippen LogP contribution in [-0.4, -0.2) is 35.7 Å². The maximum absolute atomic E-state index is 11.4. The van der Waals surface area contributed by atoms with Crippen molar-refractivity contribution in [2.45, 2.75) is 52.4 Å². The standard InChI is InChI=1S/C21H28N4O4/c1-14(2)19-22-21(29-24-19)25-10-8-16(9-11-25)5-4-12-28-17-6-7-18(15(3)13-17)20(26)23-27/h6-7,13-14,16H,4-5,8-12H2,1-3H3. The van der Waals surface area contributed by atoms with Crippen molar-refractivity contribution in [3.05, 3.63) is 40.1 Å². The normalized spacial score (nSPS) is 15.0. The Kier molecular flexibility index (Phi) is 6.95. The van der Waals surface area contributed by atoms with Crippen molar-refractivity contribution in [1.82, 2.24) is 10.1 Å². The molecule has 1 aromatic heterocycles. The summed E-state index contributed by atoms with van der Waals surface area (Å²) < 4.78 is 11.2. The number of ether oxygens (including phenoxy) is 1. The molecule has 0 bridgehead atoms. The Labute approximate surface area is 170 Å². The Balaban J connectivity index is 1.38. The molecule has 0 unspecified atom stereocenters. The third-order valence-electron chi connectivity index (χ3n) is 5.37. The fourth-order valence-corrected chi connectivity index (χ4v) is 3.58. The topological polar surface area (TPSA) is 97.9 Å². The molecule has 0 aliphatic carbocycles. The molecular formula is C21H28N4O4. The zero-order valence-corrected chi connectivity index (χ0v) is 17.3. The van der Waals surface area contributed by atoms with Crippen LogP contribution in [0.1, 0.15) is 67.2 Å². The summed E-state index contributed by atoms with van der Waals surface area (Å²) in [6, 6.07) is 5.70. The molecule has 8 nitrogen and oxygen atoms in total. The van der Waals surface area contributed by atoms with Gasteiger partial charge in [0.15, 0.2) is 5.82 Å². The number of carbonyl (C=O) groups is 1. The molecular weight excluding hydrogens is 372 g/mol. The predicted octanol–water partition coefficient (Wildman–Crippen LogP) is 4.48. The molecule has 2 aromatic rings. The number of hydrogen-bond acceptors (Lipinski definition) is 7. The van der Waals surface area contributed by atoms with Gasteiger partial charge >= 0.3 is 11.9 Å². The minimum absolute atomic E-state index is 0.271. The molecule has 1 fully saturated rings. The maximum Gasteiger partial charge on any atom is 0.324 e. The summed E-state index contributed by atoms with van der Waals surface area (Å²) in [5, 5.41) is 6.51. The summed E-state index contributed by atoms with van der Waals surface area (Å²) in [6.45, 7) is 8.38. The maximum atomic E-state index is 11.4. The number of piperidine rings is 1. The summed E-state index contributed by atoms with van der Waals surface area (Å²) in [7, 11) is 0. The van der Waals surface area contributed by atoms with Crippen LogP contribution >= 0.6 is 0 Å². The molecule has 1 aromatic carbocycles. The summed E-state index contributed by atoms with van der Waals surface area (Å²) in [4.78, 5) is 28.4. The third kappa shape index (κ3) is 5.40. The van der Waals surface area contributed by atoms with Crippen LogP contribution in [0, 0.1) is 17.7 Å². The minimum Gasteiger partial charge on any atom is -0.494 e. The molecule has 2 heterocycles. The van der Waals surface area contributed by atoms with Crippen LogP contribution in [0.4, 0.5) is 6.01 Å². The number of aryl methyl sites for hydroxylation is 1. The number of nitroso groups, excluding NO2 is 1. The van der Waals surface area contributed by atoms with E-state index in [1.54, 1.807) is 25.1 Å². The van der Waals surface area contributed by atoms with Crippen LogP contribution in [0.3, 0.4) is 0 Å². The summed E-state index contributed by atoms with van der Waals surface area (Å²) >= 11 is 0. The van der Waals surface area contributed by atoms with Gasteiger partial charge in [-0.05, 0) is 62.3 Å². The molecule has 3 rings (SSSR count). The van der Waals surface area contributed by atoms with Gasteiger partial charge in [0.1, 0.15) is 5.75 Å². The van der Waals surface area contributed by atoms with E-state index >= 15 is 0 Å². The highest BCUT2D eigenvalue weighted by molar-refractivity contribution is 5.96. The lowest BCUT2D eigenvalue weighted by molar-refractivity contribution is 0.1000. The molecule has 1 aliphatic heterocycles. The van der Waals surface area contributed by atoms with Crippen LogP contribution in [0.15, 0.2) is 27.9 Å². The van der Waals surface area contributed by atoms with Crippen LogP contribution < -0.4 is 9.64 Å². The van der Waals surface area contributed by atoms with E-state index in [9.17, 15) is 9.70 Å². The summed E-state index contributed by atoms with van der Waals surface area (Å²) in [5.74, 6) is 1.66. The van der Waals surface area contributed by atoms with Gasteiger partial charge in [-0.1, -0.05) is 19.0 Å². The molecule has 8 heteroatoms. The van der Waals surface area contributed by atoms with Gasteiger partial charge in [0.25, 0.3) is 0 Å². The van der Waals surface area contributed by atoms with Gasteiger partial charge < -0.3 is 14.2 Å². The van der Waals surface area contributed by atoms with Crippen molar-refractivity contribution < 1.29 is 14.1 Å². The van der Waals surface area contributed by atoms with E-state index in [-0.39, 0.29) is 5.92 Å². The van der Waals surface area contributed by atoms with Crippen molar-refractivity contribution in [3.8, 4) is 5.75 Å². The Morgan fingerprint density at radius 2 is 2.10 bits per heavy atom. The quantitative estimate of drug-likeness (QED) is 0.476. The second-order valence-electron chi connectivity index (χ2n) is 7.88. The van der Waals surface area contributed by atoms with Gasteiger partial charge in [-0.3, -0.25) is 4.79 Å². The fraction of sp³-hybridized carbons (Fsp3) is 0.571. The number of hydrogen-bond donors (Lipinski definition) is 0. The molecule has 156 valence electrons. The average Bonchev–Trinajstić information content (AvgIpc) is 3.22. The molecule has 29 heavy (non-hydrogen) atoms. The van der Waals surface area contributed by atoms with Gasteiger partial charge in [0.05, 0.1) is 6.61 Å². The fourth-order valence-electron chi connectivity index (χ4n) is 3.58. The smallest absolute Gasteiger partial charge is 0.324 e. The van der Waals surface area contributed by atoms with Crippen LogP contribution in [0.5, 0.6) is 5.75 Å². The van der Waals surface area contributed by atoms with E-state index in [4.69, 9.17) is 9.26 Å². The molecule has 1 saturated heterocycles. The molecule has 0 N–H and O–H groups in total. The lowest BCUT2D eigenvalue weighted by Gasteiger charge is -2.30. The predicted molar refractivity (Wildman–Crippen MR) is 109 cm³/mol. The van der Waals surface area contributed by atoms with Crippen molar-refractivity contribution in [2.75, 3.05) is 24.6 Å². The van der Waals surface area contributed by atoms with E-state index in [1.807, 2.05) is 0 Å². The van der Waals surface area contributed by atoms with E-state index in [0.717, 1.165) is 44.6 Å². The summed E-state index contributed by atoms with van der Waals surface area (Å²) in [5.41, 5.74) is 1.02. The van der Waals surface area contributed by atoms with Gasteiger partial charge in [0, 0.05) is 29.7 Å². The van der Waals surface area contributed by atoms with Crippen LogP contribution in [0.2, 0.25) is 0 Å². The van der Waals surface area contributed by atoms with E-state index in [0.29, 0.717) is 35.4 Å². The van der Waals surface area contributed by atoms with Crippen molar-refractivity contribution in [1.29, 1.82) is 0 Å². The largest absolute Gasteiger partial charge is 0.494 e. The van der Waals surface area contributed by atoms with E-state index < -0.39 is 5.91 Å². The first-order valence-corrected chi connectivity index (χ1v) is 10.2. The lowest BCUT2D eigenvalue weighted by Crippen LogP contribution is -2.34. The van der Waals surface area contributed by atoms with Crippen molar-refractivity contribution in [3.63, 3.8) is 0 Å². The number of nitrogens with zero attached hydrogens (tertiary/aromatic N) is 4. The number of benzene rings is 1.